The summed E-state index contributed by atoms with van der Waals surface area (Å²) in [4.78, 5) is 12.6. The van der Waals surface area contributed by atoms with Crippen molar-refractivity contribution in [2.45, 2.75) is 26.8 Å². The van der Waals surface area contributed by atoms with Gasteiger partial charge in [-0.1, -0.05) is 35.3 Å². The first kappa shape index (κ1) is 23.3. The Hall–Kier alpha value is -1.96. The second kappa shape index (κ2) is 9.69. The second-order valence-electron chi connectivity index (χ2n) is 6.74. The zero-order valence-electron chi connectivity index (χ0n) is 16.7. The van der Waals surface area contributed by atoms with Gasteiger partial charge in [-0.05, 0) is 56.2 Å². The first-order chi connectivity index (χ1) is 13.5. The van der Waals surface area contributed by atoms with Gasteiger partial charge in [0.15, 0.2) is 0 Å². The molecule has 0 aliphatic rings. The molecule has 0 aromatic heterocycles. The number of carbonyl (C=O) groups excluding carboxylic acids is 1. The van der Waals surface area contributed by atoms with Crippen LogP contribution in [0.25, 0.3) is 0 Å². The van der Waals surface area contributed by atoms with Crippen LogP contribution in [0.4, 0.5) is 5.69 Å². The normalized spacial score (nSPS) is 12.3. The van der Waals surface area contributed by atoms with Gasteiger partial charge >= 0.3 is 0 Å². The summed E-state index contributed by atoms with van der Waals surface area (Å²) in [7, 11) is -3.74. The number of amides is 1. The lowest BCUT2D eigenvalue weighted by Crippen LogP contribution is -2.48. The van der Waals surface area contributed by atoms with E-state index in [4.69, 9.17) is 27.9 Å². The van der Waals surface area contributed by atoms with Crippen LogP contribution in [0.5, 0.6) is 5.75 Å². The molecule has 0 radical (unpaired) electrons. The summed E-state index contributed by atoms with van der Waals surface area (Å²) in [5.74, 6) is 0.298. The van der Waals surface area contributed by atoms with Crippen molar-refractivity contribution in [2.24, 2.45) is 0 Å². The number of benzene rings is 2. The maximum absolute atomic E-state index is 12.6. The minimum atomic E-state index is -3.74. The summed E-state index contributed by atoms with van der Waals surface area (Å²) in [6.07, 6.45) is 1.03. The van der Waals surface area contributed by atoms with E-state index in [1.165, 1.54) is 25.1 Å². The largest absolute Gasteiger partial charge is 0.491 e. The lowest BCUT2D eigenvalue weighted by molar-refractivity contribution is -0.121. The molecule has 0 fully saturated rings. The Balaban J connectivity index is 2.03. The van der Waals surface area contributed by atoms with Crippen molar-refractivity contribution in [3.05, 3.63) is 57.6 Å². The summed E-state index contributed by atoms with van der Waals surface area (Å²) >= 11 is 11.9. The Labute approximate surface area is 181 Å². The lowest BCUT2D eigenvalue weighted by atomic mass is 10.1. The van der Waals surface area contributed by atoms with Crippen LogP contribution in [0.15, 0.2) is 36.4 Å². The molecule has 0 aliphatic heterocycles. The number of sulfonamides is 1. The molecule has 2 rings (SSSR count). The average molecular weight is 459 g/mol. The van der Waals surface area contributed by atoms with Gasteiger partial charge in [-0.3, -0.25) is 9.10 Å². The smallest absolute Gasteiger partial charge is 0.243 e. The molecule has 9 heteroatoms. The van der Waals surface area contributed by atoms with Gasteiger partial charge in [-0.25, -0.2) is 8.42 Å². The Kier molecular flexibility index (Phi) is 7.80. The number of nitrogens with zero attached hydrogens (tertiary/aromatic N) is 1. The van der Waals surface area contributed by atoms with Gasteiger partial charge in [0.2, 0.25) is 15.9 Å². The lowest BCUT2D eigenvalue weighted by Gasteiger charge is -2.28. The molecule has 0 saturated heterocycles. The van der Waals surface area contributed by atoms with Gasteiger partial charge in [0.1, 0.15) is 18.4 Å². The molecule has 29 heavy (non-hydrogen) atoms. The summed E-state index contributed by atoms with van der Waals surface area (Å²) in [5, 5.41) is 3.20. The van der Waals surface area contributed by atoms with E-state index in [1.54, 1.807) is 0 Å². The van der Waals surface area contributed by atoms with Crippen molar-refractivity contribution >= 4 is 44.8 Å². The highest BCUT2D eigenvalue weighted by atomic mass is 35.5. The predicted octanol–water partition coefficient (Wildman–Crippen LogP) is 3.96. The molecule has 0 aliphatic carbocycles. The first-order valence-electron chi connectivity index (χ1n) is 8.93. The zero-order chi connectivity index (χ0) is 21.8. The molecule has 0 spiro atoms. The van der Waals surface area contributed by atoms with E-state index in [1.807, 2.05) is 32.0 Å². The van der Waals surface area contributed by atoms with Crippen LogP contribution >= 0.6 is 23.2 Å². The van der Waals surface area contributed by atoms with Gasteiger partial charge in [0.05, 0.1) is 28.5 Å². The monoisotopic (exact) mass is 458 g/mol. The van der Waals surface area contributed by atoms with Crippen LogP contribution < -0.4 is 14.4 Å². The Morgan fingerprint density at radius 1 is 1.14 bits per heavy atom. The molecule has 1 unspecified atom stereocenters. The van der Waals surface area contributed by atoms with Crippen LogP contribution in [0.2, 0.25) is 10.0 Å². The highest BCUT2D eigenvalue weighted by Gasteiger charge is 2.29. The maximum Gasteiger partial charge on any atom is 0.243 e. The molecule has 1 amide bonds. The van der Waals surface area contributed by atoms with Crippen molar-refractivity contribution in [1.29, 1.82) is 0 Å². The number of nitrogens with one attached hydrogen (secondary N) is 1. The Bertz CT molecular complexity index is 996. The third-order valence-corrected chi connectivity index (χ3v) is 6.23. The summed E-state index contributed by atoms with van der Waals surface area (Å²) < 4.78 is 31.3. The van der Waals surface area contributed by atoms with Gasteiger partial charge in [0.25, 0.3) is 0 Å². The molecule has 6 nitrogen and oxygen atoms in total. The number of halogens is 2. The number of hydrogen-bond donors (Lipinski definition) is 1. The van der Waals surface area contributed by atoms with E-state index in [0.29, 0.717) is 5.02 Å². The summed E-state index contributed by atoms with van der Waals surface area (Å²) in [5.41, 5.74) is 2.34. The van der Waals surface area contributed by atoms with Crippen LogP contribution in [0.3, 0.4) is 0 Å². The minimum absolute atomic E-state index is 0.201. The van der Waals surface area contributed by atoms with E-state index >= 15 is 0 Å². The first-order valence-corrected chi connectivity index (χ1v) is 11.5. The molecule has 158 valence electrons. The predicted molar refractivity (Wildman–Crippen MR) is 118 cm³/mol. The number of hydrogen-bond acceptors (Lipinski definition) is 4. The SMILES string of the molecule is Cc1ccc(C)c(OCCNC(=O)C(C)N(c2ccc(Cl)c(Cl)c2)S(C)(=O)=O)c1. The molecule has 1 atom stereocenters. The van der Waals surface area contributed by atoms with Gasteiger partial charge < -0.3 is 10.1 Å². The zero-order valence-corrected chi connectivity index (χ0v) is 19.0. The molecule has 0 saturated carbocycles. The minimum Gasteiger partial charge on any atom is -0.491 e. The van der Waals surface area contributed by atoms with Crippen LogP contribution in [0.1, 0.15) is 18.1 Å². The summed E-state index contributed by atoms with van der Waals surface area (Å²) in [6, 6.07) is 9.31. The quantitative estimate of drug-likeness (QED) is 0.607. The second-order valence-corrected chi connectivity index (χ2v) is 9.42. The molecule has 0 bridgehead atoms. The highest BCUT2D eigenvalue weighted by molar-refractivity contribution is 7.92. The van der Waals surface area contributed by atoms with Crippen LogP contribution in [-0.4, -0.2) is 39.8 Å². The maximum atomic E-state index is 12.6. The van der Waals surface area contributed by atoms with Gasteiger partial charge in [0, 0.05) is 0 Å². The fourth-order valence-electron chi connectivity index (χ4n) is 2.78. The van der Waals surface area contributed by atoms with E-state index < -0.39 is 22.0 Å². The van der Waals surface area contributed by atoms with Crippen LogP contribution in [-0.2, 0) is 14.8 Å². The Morgan fingerprint density at radius 3 is 2.45 bits per heavy atom. The average Bonchev–Trinajstić information content (AvgIpc) is 2.63. The molecule has 2 aromatic carbocycles. The number of anilines is 1. The number of rotatable bonds is 8. The molecular formula is C20H24Cl2N2O4S. The Morgan fingerprint density at radius 2 is 1.83 bits per heavy atom. The molecule has 0 heterocycles. The third kappa shape index (κ3) is 6.26. The van der Waals surface area contributed by atoms with Crippen molar-refractivity contribution in [1.82, 2.24) is 5.32 Å². The standard InChI is InChI=1S/C20H24Cl2N2O4S/c1-13-5-6-14(2)19(11-13)28-10-9-23-20(25)15(3)24(29(4,26)27)16-7-8-17(21)18(22)12-16/h5-8,11-12,15H,9-10H2,1-4H3,(H,23,25). The number of aryl methyl sites for hydroxylation is 2. The van der Waals surface area contributed by atoms with Gasteiger partial charge in [-0.2, -0.15) is 0 Å². The van der Waals surface area contributed by atoms with Crippen molar-refractivity contribution in [3.8, 4) is 5.75 Å². The number of carbonyl (C=O) groups is 1. The van der Waals surface area contributed by atoms with E-state index in [0.717, 1.165) is 27.4 Å². The van der Waals surface area contributed by atoms with Crippen LogP contribution in [0, 0.1) is 13.8 Å². The number of ether oxygens (including phenoxy) is 1. The van der Waals surface area contributed by atoms with Gasteiger partial charge in [-0.15, -0.1) is 0 Å². The fraction of sp³-hybridized carbons (Fsp3) is 0.350. The molecule has 2 aromatic rings. The molecular weight excluding hydrogens is 435 g/mol. The molecule has 1 N–H and O–H groups in total. The topological polar surface area (TPSA) is 75.7 Å². The fourth-order valence-corrected chi connectivity index (χ4v) is 4.24. The van der Waals surface area contributed by atoms with Crippen molar-refractivity contribution < 1.29 is 17.9 Å². The van der Waals surface area contributed by atoms with E-state index in [-0.39, 0.29) is 23.9 Å². The van der Waals surface area contributed by atoms with E-state index in [2.05, 4.69) is 5.32 Å². The summed E-state index contributed by atoms with van der Waals surface area (Å²) in [6.45, 7) is 5.91. The highest BCUT2D eigenvalue weighted by Crippen LogP contribution is 2.29. The van der Waals surface area contributed by atoms with Crippen molar-refractivity contribution in [3.63, 3.8) is 0 Å². The van der Waals surface area contributed by atoms with E-state index in [9.17, 15) is 13.2 Å². The van der Waals surface area contributed by atoms with Crippen molar-refractivity contribution in [2.75, 3.05) is 23.7 Å². The third-order valence-electron chi connectivity index (χ3n) is 4.25.